The van der Waals surface area contributed by atoms with Gasteiger partial charge >= 0.3 is 0 Å². The molecule has 0 aromatic heterocycles. The number of amides is 2. The number of hydrogen-bond donors (Lipinski definition) is 1. The average molecular weight is 312 g/mol. The third-order valence-corrected chi connectivity index (χ3v) is 4.19. The Morgan fingerprint density at radius 3 is 2.33 bits per heavy atom. The predicted octanol–water partition coefficient (Wildman–Crippen LogP) is 2.75. The molecule has 4 nitrogen and oxygen atoms in total. The standard InChI is InChI=1S/C15H21FN2O2S/c1-10(2)18(4)15(20)11(3)21-9-14(19)17-13-7-5-12(16)6-8-13/h5-8,10-11H,9H2,1-4H3,(H,17,19). The Hall–Kier alpha value is -1.56. The first-order valence-electron chi connectivity index (χ1n) is 6.75. The molecule has 0 aliphatic heterocycles. The van der Waals surface area contributed by atoms with E-state index in [2.05, 4.69) is 5.32 Å². The third-order valence-electron chi connectivity index (χ3n) is 3.06. The van der Waals surface area contributed by atoms with Gasteiger partial charge < -0.3 is 10.2 Å². The lowest BCUT2D eigenvalue weighted by molar-refractivity contribution is -0.130. The fraction of sp³-hybridized carbons (Fsp3) is 0.467. The van der Waals surface area contributed by atoms with E-state index in [1.807, 2.05) is 13.8 Å². The number of carbonyl (C=O) groups excluding carboxylic acids is 2. The lowest BCUT2D eigenvalue weighted by Gasteiger charge is -2.24. The van der Waals surface area contributed by atoms with Crippen molar-refractivity contribution in [2.45, 2.75) is 32.1 Å². The first kappa shape index (κ1) is 17.5. The summed E-state index contributed by atoms with van der Waals surface area (Å²) >= 11 is 1.28. The molecular weight excluding hydrogens is 291 g/mol. The predicted molar refractivity (Wildman–Crippen MR) is 84.9 cm³/mol. The molecule has 0 saturated carbocycles. The van der Waals surface area contributed by atoms with Crippen LogP contribution in [0.25, 0.3) is 0 Å². The maximum Gasteiger partial charge on any atom is 0.235 e. The second-order valence-electron chi connectivity index (χ2n) is 5.05. The van der Waals surface area contributed by atoms with Crippen molar-refractivity contribution in [3.63, 3.8) is 0 Å². The van der Waals surface area contributed by atoms with Crippen LogP contribution in [0.1, 0.15) is 20.8 Å². The van der Waals surface area contributed by atoms with Gasteiger partial charge in [-0.1, -0.05) is 0 Å². The molecule has 2 amide bonds. The summed E-state index contributed by atoms with van der Waals surface area (Å²) in [6, 6.07) is 5.70. The van der Waals surface area contributed by atoms with Gasteiger partial charge in [0.25, 0.3) is 0 Å². The molecule has 0 radical (unpaired) electrons. The highest BCUT2D eigenvalue weighted by atomic mass is 32.2. The fourth-order valence-corrected chi connectivity index (χ4v) is 2.33. The number of benzene rings is 1. The summed E-state index contributed by atoms with van der Waals surface area (Å²) in [7, 11) is 1.75. The number of nitrogens with one attached hydrogen (secondary N) is 1. The minimum Gasteiger partial charge on any atom is -0.342 e. The zero-order chi connectivity index (χ0) is 16.0. The highest BCUT2D eigenvalue weighted by Gasteiger charge is 2.20. The number of thioether (sulfide) groups is 1. The van der Waals surface area contributed by atoms with Gasteiger partial charge in [-0.25, -0.2) is 4.39 Å². The molecular formula is C15H21FN2O2S. The van der Waals surface area contributed by atoms with Crippen LogP contribution < -0.4 is 5.32 Å². The highest BCUT2D eigenvalue weighted by molar-refractivity contribution is 8.01. The van der Waals surface area contributed by atoms with E-state index in [1.54, 1.807) is 18.9 Å². The van der Waals surface area contributed by atoms with E-state index in [0.29, 0.717) is 5.69 Å². The number of hydrogen-bond acceptors (Lipinski definition) is 3. The Bertz CT molecular complexity index is 491. The van der Waals surface area contributed by atoms with E-state index in [0.717, 1.165) is 0 Å². The molecule has 0 bridgehead atoms. The van der Waals surface area contributed by atoms with Gasteiger partial charge in [0, 0.05) is 18.8 Å². The molecule has 1 unspecified atom stereocenters. The topological polar surface area (TPSA) is 49.4 Å². The minimum absolute atomic E-state index is 0.00424. The van der Waals surface area contributed by atoms with E-state index in [4.69, 9.17) is 0 Å². The normalized spacial score (nSPS) is 12.1. The molecule has 1 aromatic carbocycles. The molecule has 1 N–H and O–H groups in total. The van der Waals surface area contributed by atoms with Crippen molar-refractivity contribution < 1.29 is 14.0 Å². The number of rotatable bonds is 6. The lowest BCUT2D eigenvalue weighted by Crippen LogP contribution is -2.38. The summed E-state index contributed by atoms with van der Waals surface area (Å²) in [4.78, 5) is 25.5. The van der Waals surface area contributed by atoms with Crippen LogP contribution in [-0.4, -0.2) is 40.8 Å². The first-order valence-corrected chi connectivity index (χ1v) is 7.80. The average Bonchev–Trinajstić information content (AvgIpc) is 2.45. The minimum atomic E-state index is -0.349. The lowest BCUT2D eigenvalue weighted by atomic mass is 10.3. The number of nitrogens with zero attached hydrogens (tertiary/aromatic N) is 1. The molecule has 116 valence electrons. The Balaban J connectivity index is 2.42. The summed E-state index contributed by atoms with van der Waals surface area (Å²) in [5.74, 6) is -0.377. The molecule has 21 heavy (non-hydrogen) atoms. The third kappa shape index (κ3) is 5.75. The Morgan fingerprint density at radius 2 is 1.81 bits per heavy atom. The number of anilines is 1. The van der Waals surface area contributed by atoms with Crippen LogP contribution in [-0.2, 0) is 9.59 Å². The Kier molecular flexibility index (Phi) is 6.68. The van der Waals surface area contributed by atoms with Gasteiger partial charge in [0.15, 0.2) is 0 Å². The van der Waals surface area contributed by atoms with Crippen LogP contribution in [0.4, 0.5) is 10.1 Å². The monoisotopic (exact) mass is 312 g/mol. The second-order valence-corrected chi connectivity index (χ2v) is 6.38. The Labute approximate surface area is 129 Å². The van der Waals surface area contributed by atoms with E-state index in [-0.39, 0.29) is 34.7 Å². The van der Waals surface area contributed by atoms with Crippen LogP contribution in [0, 0.1) is 5.82 Å². The van der Waals surface area contributed by atoms with E-state index in [9.17, 15) is 14.0 Å². The van der Waals surface area contributed by atoms with E-state index >= 15 is 0 Å². The van der Waals surface area contributed by atoms with Gasteiger partial charge in [-0.3, -0.25) is 9.59 Å². The fourth-order valence-electron chi connectivity index (χ4n) is 1.54. The van der Waals surface area contributed by atoms with E-state index in [1.165, 1.54) is 36.0 Å². The van der Waals surface area contributed by atoms with Gasteiger partial charge in [-0.2, -0.15) is 0 Å². The molecule has 0 heterocycles. The molecule has 1 atom stereocenters. The summed E-state index contributed by atoms with van der Waals surface area (Å²) in [6.45, 7) is 5.67. The van der Waals surface area contributed by atoms with Gasteiger partial charge in [-0.15, -0.1) is 11.8 Å². The van der Waals surface area contributed by atoms with Crippen molar-refractivity contribution in [1.82, 2.24) is 4.90 Å². The molecule has 0 spiro atoms. The molecule has 1 aromatic rings. The highest BCUT2D eigenvalue weighted by Crippen LogP contribution is 2.15. The van der Waals surface area contributed by atoms with Crippen molar-refractivity contribution in [2.24, 2.45) is 0 Å². The quantitative estimate of drug-likeness (QED) is 0.878. The smallest absolute Gasteiger partial charge is 0.235 e. The van der Waals surface area contributed by atoms with Crippen molar-refractivity contribution >= 4 is 29.3 Å². The van der Waals surface area contributed by atoms with Gasteiger partial charge in [0.05, 0.1) is 11.0 Å². The van der Waals surface area contributed by atoms with Gasteiger partial charge in [-0.05, 0) is 45.0 Å². The summed E-state index contributed by atoms with van der Waals surface area (Å²) in [6.07, 6.45) is 0. The van der Waals surface area contributed by atoms with Crippen LogP contribution in [0.2, 0.25) is 0 Å². The maximum absolute atomic E-state index is 12.7. The van der Waals surface area contributed by atoms with Crippen LogP contribution in [0.5, 0.6) is 0 Å². The van der Waals surface area contributed by atoms with E-state index < -0.39 is 0 Å². The number of halogens is 1. The largest absolute Gasteiger partial charge is 0.342 e. The van der Waals surface area contributed by atoms with Crippen molar-refractivity contribution in [3.8, 4) is 0 Å². The second kappa shape index (κ2) is 8.02. The first-order chi connectivity index (χ1) is 9.81. The van der Waals surface area contributed by atoms with Crippen LogP contribution in [0.15, 0.2) is 24.3 Å². The zero-order valence-corrected chi connectivity index (χ0v) is 13.5. The molecule has 0 aliphatic rings. The molecule has 6 heteroatoms. The molecule has 0 fully saturated rings. The maximum atomic E-state index is 12.7. The molecule has 0 aliphatic carbocycles. The van der Waals surface area contributed by atoms with Crippen LogP contribution >= 0.6 is 11.8 Å². The summed E-state index contributed by atoms with van der Waals surface area (Å²) < 4.78 is 12.7. The van der Waals surface area contributed by atoms with Crippen molar-refractivity contribution in [3.05, 3.63) is 30.1 Å². The summed E-state index contributed by atoms with van der Waals surface area (Å²) in [5.41, 5.74) is 0.542. The molecule has 1 rings (SSSR count). The van der Waals surface area contributed by atoms with Gasteiger partial charge in [0.1, 0.15) is 5.82 Å². The molecule has 0 saturated heterocycles. The van der Waals surface area contributed by atoms with Crippen molar-refractivity contribution in [2.75, 3.05) is 18.1 Å². The summed E-state index contributed by atoms with van der Waals surface area (Å²) in [5, 5.41) is 2.38. The van der Waals surface area contributed by atoms with Crippen molar-refractivity contribution in [1.29, 1.82) is 0 Å². The van der Waals surface area contributed by atoms with Crippen LogP contribution in [0.3, 0.4) is 0 Å². The van der Waals surface area contributed by atoms with Gasteiger partial charge in [0.2, 0.25) is 11.8 Å². The zero-order valence-electron chi connectivity index (χ0n) is 12.7. The number of carbonyl (C=O) groups is 2. The Morgan fingerprint density at radius 1 is 1.24 bits per heavy atom. The SMILES string of the molecule is CC(SCC(=O)Nc1ccc(F)cc1)C(=O)N(C)C(C)C.